The van der Waals surface area contributed by atoms with E-state index in [1.54, 1.807) is 0 Å². The molecule has 0 aliphatic rings. The van der Waals surface area contributed by atoms with E-state index in [9.17, 15) is 27.1 Å². The van der Waals surface area contributed by atoms with Gasteiger partial charge in [-0.1, -0.05) is 0 Å². The van der Waals surface area contributed by atoms with Gasteiger partial charge in [-0.2, -0.15) is 18.4 Å². The van der Waals surface area contributed by atoms with Gasteiger partial charge in [-0.25, -0.2) is 0 Å². The van der Waals surface area contributed by atoms with Crippen LogP contribution in [0.2, 0.25) is 0 Å². The van der Waals surface area contributed by atoms with Gasteiger partial charge in [-0.15, -0.1) is 23.4 Å². The Hall–Kier alpha value is -2.82. The van der Waals surface area contributed by atoms with E-state index in [2.05, 4.69) is 20.0 Å². The Morgan fingerprint density at radius 1 is 1.08 bits per heavy atom. The van der Waals surface area contributed by atoms with E-state index in [1.165, 1.54) is 18.2 Å². The number of fused-ring (bicyclic) bond motifs is 1. The molecule has 1 aromatic carbocycles. The zero-order valence-electron chi connectivity index (χ0n) is 13.1. The van der Waals surface area contributed by atoms with Gasteiger partial charge in [0.25, 0.3) is 0 Å². The van der Waals surface area contributed by atoms with Crippen molar-refractivity contribution in [1.82, 2.24) is 19.8 Å². The monoisotopic (exact) mass is 374 g/mol. The van der Waals surface area contributed by atoms with Crippen LogP contribution < -0.4 is 4.74 Å². The fraction of sp³-hybridized carbons (Fsp3) is 0.267. The van der Waals surface area contributed by atoms with Crippen molar-refractivity contribution >= 4 is 5.65 Å². The number of benzene rings is 1. The summed E-state index contributed by atoms with van der Waals surface area (Å²) in [7, 11) is 0. The molecule has 0 bridgehead atoms. The Morgan fingerprint density at radius 3 is 2.27 bits per heavy atom. The van der Waals surface area contributed by atoms with E-state index in [-0.39, 0.29) is 16.9 Å². The maximum Gasteiger partial charge on any atom is 0.573 e. The molecule has 3 aromatic rings. The predicted octanol–water partition coefficient (Wildman–Crippen LogP) is 3.29. The van der Waals surface area contributed by atoms with Gasteiger partial charge in [0, 0.05) is 18.1 Å². The molecule has 11 heteroatoms. The quantitative estimate of drug-likeness (QED) is 0.710. The number of nitrogens with zero attached hydrogens (tertiary/aromatic N) is 4. The molecule has 6 nitrogen and oxygen atoms in total. The van der Waals surface area contributed by atoms with E-state index >= 15 is 0 Å². The average Bonchev–Trinajstić information content (AvgIpc) is 2.96. The topological polar surface area (TPSA) is 72.5 Å². The van der Waals surface area contributed by atoms with Crippen LogP contribution >= 0.6 is 0 Å². The Morgan fingerprint density at radius 2 is 1.73 bits per heavy atom. The van der Waals surface area contributed by atoms with Crippen LogP contribution in [0, 0.1) is 0 Å². The summed E-state index contributed by atoms with van der Waals surface area (Å²) in [5, 5.41) is 20.5. The summed E-state index contributed by atoms with van der Waals surface area (Å²) < 4.78 is 68.5. The van der Waals surface area contributed by atoms with Gasteiger partial charge in [0.15, 0.2) is 5.65 Å². The lowest BCUT2D eigenvalue weighted by Gasteiger charge is -2.12. The maximum atomic E-state index is 13.6. The van der Waals surface area contributed by atoms with E-state index in [4.69, 9.17) is 0 Å². The predicted molar refractivity (Wildman–Crippen MR) is 78.4 cm³/mol. The lowest BCUT2D eigenvalue weighted by Crippen LogP contribution is -2.17. The average molecular weight is 374 g/mol. The van der Waals surface area contributed by atoms with Crippen molar-refractivity contribution in [3.05, 3.63) is 41.7 Å². The van der Waals surface area contributed by atoms with Crippen LogP contribution in [0.5, 0.6) is 5.75 Å². The van der Waals surface area contributed by atoms with E-state index < -0.39 is 30.5 Å². The van der Waals surface area contributed by atoms with E-state index in [0.29, 0.717) is 12.5 Å². The Kier molecular flexibility index (Phi) is 4.26. The molecule has 2 aromatic heterocycles. The molecule has 0 amide bonds. The number of aliphatic hydroxyl groups is 1. The van der Waals surface area contributed by atoms with Crippen molar-refractivity contribution in [1.29, 1.82) is 0 Å². The first-order valence-corrected chi connectivity index (χ1v) is 7.19. The van der Waals surface area contributed by atoms with Crippen molar-refractivity contribution in [3.63, 3.8) is 0 Å². The summed E-state index contributed by atoms with van der Waals surface area (Å²) in [6.07, 6.45) is -4.83. The summed E-state index contributed by atoms with van der Waals surface area (Å²) in [5.74, 6) is -4.46. The van der Waals surface area contributed by atoms with Crippen molar-refractivity contribution < 1.29 is 31.8 Å². The number of rotatable bonds is 4. The molecule has 138 valence electrons. The smallest absolute Gasteiger partial charge is 0.406 e. The van der Waals surface area contributed by atoms with Crippen LogP contribution in [0.15, 0.2) is 30.3 Å². The van der Waals surface area contributed by atoms with Crippen LogP contribution in [0.1, 0.15) is 18.3 Å². The largest absolute Gasteiger partial charge is 0.573 e. The summed E-state index contributed by atoms with van der Waals surface area (Å²) >= 11 is 0. The number of halogens is 5. The van der Waals surface area contributed by atoms with Gasteiger partial charge >= 0.3 is 12.3 Å². The van der Waals surface area contributed by atoms with Gasteiger partial charge in [-0.3, -0.25) is 0 Å². The molecule has 0 fully saturated rings. The lowest BCUT2D eigenvalue weighted by atomic mass is 10.1. The number of aromatic nitrogens is 4. The number of aliphatic hydroxyl groups excluding tert-OH is 1. The molecule has 0 unspecified atom stereocenters. The zero-order valence-corrected chi connectivity index (χ0v) is 13.1. The minimum atomic E-state index is -4.83. The SMILES string of the molecule is CC(F)(F)c1nnc2cc(CO)c(-c3ccc(OC(F)(F)F)cc3)nn12. The van der Waals surface area contributed by atoms with Crippen molar-refractivity contribution in [2.75, 3.05) is 0 Å². The third-order valence-corrected chi connectivity index (χ3v) is 3.40. The Balaban J connectivity index is 2.08. The number of hydrogen-bond acceptors (Lipinski definition) is 5. The van der Waals surface area contributed by atoms with Gasteiger partial charge in [-0.05, 0) is 30.3 Å². The Labute approximate surface area is 142 Å². The van der Waals surface area contributed by atoms with E-state index in [1.807, 2.05) is 0 Å². The molecule has 0 spiro atoms. The third-order valence-electron chi connectivity index (χ3n) is 3.40. The number of alkyl halides is 5. The first kappa shape index (κ1) is 18.0. The molecule has 0 radical (unpaired) electrons. The van der Waals surface area contributed by atoms with Crippen LogP contribution in [0.4, 0.5) is 22.0 Å². The number of ether oxygens (including phenoxy) is 1. The summed E-state index contributed by atoms with van der Waals surface area (Å²) in [5.41, 5.74) is 0.653. The van der Waals surface area contributed by atoms with Crippen molar-refractivity contribution in [3.8, 4) is 17.0 Å². The summed E-state index contributed by atoms with van der Waals surface area (Å²) in [6, 6.07) is 5.96. The Bertz CT molecular complexity index is 932. The van der Waals surface area contributed by atoms with Crippen molar-refractivity contribution in [2.24, 2.45) is 0 Å². The van der Waals surface area contributed by atoms with Gasteiger partial charge in [0.1, 0.15) is 5.75 Å². The van der Waals surface area contributed by atoms with Crippen molar-refractivity contribution in [2.45, 2.75) is 25.8 Å². The van der Waals surface area contributed by atoms with Crippen LogP contribution in [-0.2, 0) is 12.5 Å². The normalized spacial score (nSPS) is 12.6. The highest BCUT2D eigenvalue weighted by Crippen LogP contribution is 2.30. The van der Waals surface area contributed by atoms with Crippen LogP contribution in [-0.4, -0.2) is 31.3 Å². The molecule has 0 aliphatic heterocycles. The minimum absolute atomic E-state index is 0.00588. The standard InChI is InChI=1S/C15H11F5N4O2/c1-14(16,17)13-22-21-11-6-9(7-25)12(23-24(11)13)8-2-4-10(5-3-8)26-15(18,19)20/h2-6,25H,7H2,1H3. The third kappa shape index (κ3) is 3.57. The highest BCUT2D eigenvalue weighted by Gasteiger charge is 2.32. The number of hydrogen-bond donors (Lipinski definition) is 1. The molecule has 0 aliphatic carbocycles. The van der Waals surface area contributed by atoms with Gasteiger partial charge in [0.2, 0.25) is 5.82 Å². The highest BCUT2D eigenvalue weighted by molar-refractivity contribution is 5.65. The summed E-state index contributed by atoms with van der Waals surface area (Å²) in [4.78, 5) is 0. The molecular formula is C15H11F5N4O2. The molecular weight excluding hydrogens is 363 g/mol. The lowest BCUT2D eigenvalue weighted by molar-refractivity contribution is -0.274. The van der Waals surface area contributed by atoms with Crippen LogP contribution in [0.25, 0.3) is 16.9 Å². The molecule has 3 rings (SSSR count). The molecule has 26 heavy (non-hydrogen) atoms. The first-order chi connectivity index (χ1) is 12.1. The zero-order chi connectivity index (χ0) is 19.1. The fourth-order valence-electron chi connectivity index (χ4n) is 2.32. The fourth-order valence-corrected chi connectivity index (χ4v) is 2.32. The molecule has 2 heterocycles. The molecule has 0 atom stereocenters. The molecule has 0 saturated heterocycles. The van der Waals surface area contributed by atoms with Gasteiger partial charge < -0.3 is 9.84 Å². The molecule has 0 saturated carbocycles. The van der Waals surface area contributed by atoms with E-state index in [0.717, 1.165) is 16.6 Å². The second-order valence-corrected chi connectivity index (χ2v) is 5.43. The second-order valence-electron chi connectivity index (χ2n) is 5.43. The first-order valence-electron chi connectivity index (χ1n) is 7.19. The summed E-state index contributed by atoms with van der Waals surface area (Å²) in [6.45, 7) is 0.151. The second kappa shape index (κ2) is 6.16. The maximum absolute atomic E-state index is 13.6. The minimum Gasteiger partial charge on any atom is -0.406 e. The van der Waals surface area contributed by atoms with Crippen LogP contribution in [0.3, 0.4) is 0 Å². The highest BCUT2D eigenvalue weighted by atomic mass is 19.4. The van der Waals surface area contributed by atoms with Gasteiger partial charge in [0.05, 0.1) is 12.3 Å². The molecule has 1 N–H and O–H groups in total.